The van der Waals surface area contributed by atoms with E-state index in [1.54, 1.807) is 0 Å². The summed E-state index contributed by atoms with van der Waals surface area (Å²) in [6.45, 7) is 6.19. The number of hydrogen-bond donors (Lipinski definition) is 0. The predicted molar refractivity (Wildman–Crippen MR) is 266 cm³/mol. The number of halogens is 4. The lowest BCUT2D eigenvalue weighted by atomic mass is 9.94. The number of ether oxygens (including phenoxy) is 2. The van der Waals surface area contributed by atoms with Crippen molar-refractivity contribution in [2.45, 2.75) is 224 Å². The van der Waals surface area contributed by atoms with E-state index in [2.05, 4.69) is 93.2 Å². The Hall–Kier alpha value is -2.61. The van der Waals surface area contributed by atoms with Crippen LogP contribution in [0.1, 0.15) is 219 Å². The lowest BCUT2D eigenvalue weighted by Gasteiger charge is -2.13. The maximum Gasteiger partial charge on any atom is 0.673 e. The first kappa shape index (κ1) is 55.5. The lowest BCUT2D eigenvalue weighted by molar-refractivity contribution is 0.304. The summed E-state index contributed by atoms with van der Waals surface area (Å²) < 4.78 is 51.3. The van der Waals surface area contributed by atoms with Crippen molar-refractivity contribution >= 4 is 19.9 Å². The van der Waals surface area contributed by atoms with Gasteiger partial charge in [-0.1, -0.05) is 243 Å². The molecule has 3 rings (SSSR count). The molecule has 0 aliphatic rings. The van der Waals surface area contributed by atoms with Crippen molar-refractivity contribution in [3.63, 3.8) is 0 Å². The minimum atomic E-state index is -6.00. The SMILES string of the molecule is CCCCCCCCCCCCCCCCCCOc1ccc(-c2cccc([SH2+])c2-c2ccc(OCCCCCCCCCCCCCCCCCC)cc2)cc1.F[B-](F)(F)F. The second-order valence-electron chi connectivity index (χ2n) is 17.6. The standard InChI is InChI=1S/C54H86O2S.BF4/c1-3-5-7-9-11-13-15-17-19-21-23-25-27-29-31-33-46-55-50-42-38-48(39-43-50)52-36-35-37-53(57)54(52)49-40-44-51(45-41-49)56-47-34-32-30-28-26-24-22-20-18-16-14-12-10-8-6-4-2;2-1(3,4)5/h35-45,57H,3-34,46-47H2,1-2H3;/q;-1/p+1. The van der Waals surface area contributed by atoms with Gasteiger partial charge in [-0.15, -0.1) is 0 Å². The first-order valence-electron chi connectivity index (χ1n) is 25.4. The van der Waals surface area contributed by atoms with E-state index in [0.717, 1.165) is 42.4 Å². The molecule has 0 unspecified atom stereocenters. The molecule has 2 nitrogen and oxygen atoms in total. The smallest absolute Gasteiger partial charge is 0.494 e. The van der Waals surface area contributed by atoms with Crippen LogP contribution in [0, 0.1) is 0 Å². The molecule has 0 spiro atoms. The van der Waals surface area contributed by atoms with Crippen LogP contribution in [0.3, 0.4) is 0 Å². The van der Waals surface area contributed by atoms with Gasteiger partial charge in [0.2, 0.25) is 0 Å². The Labute approximate surface area is 383 Å². The molecule has 0 atom stereocenters. The number of unbranched alkanes of at least 4 members (excludes halogenated alkanes) is 30. The van der Waals surface area contributed by atoms with Crippen molar-refractivity contribution in [2.24, 2.45) is 0 Å². The number of hydrogen-bond acceptors (Lipinski definition) is 2. The van der Waals surface area contributed by atoms with Gasteiger partial charge >= 0.3 is 7.25 Å². The summed E-state index contributed by atoms with van der Waals surface area (Å²) in [5.41, 5.74) is 4.81. The average molecular weight is 887 g/mol. The van der Waals surface area contributed by atoms with Gasteiger partial charge in [-0.2, -0.15) is 0 Å². The molecule has 0 saturated carbocycles. The van der Waals surface area contributed by atoms with Crippen molar-refractivity contribution < 1.29 is 26.7 Å². The van der Waals surface area contributed by atoms with Crippen molar-refractivity contribution in [2.75, 3.05) is 13.2 Å². The quantitative estimate of drug-likeness (QED) is 0.0247. The summed E-state index contributed by atoms with van der Waals surface area (Å²) in [5.74, 6) is 1.92. The van der Waals surface area contributed by atoms with Gasteiger partial charge in [0, 0.05) is 5.56 Å². The average Bonchev–Trinajstić information content (AvgIpc) is 3.25. The first-order chi connectivity index (χ1) is 30.2. The first-order valence-corrected chi connectivity index (χ1v) is 25.9. The second-order valence-corrected chi connectivity index (χ2v) is 18.1. The molecule has 0 radical (unpaired) electrons. The molecule has 352 valence electrons. The molecular weight excluding hydrogens is 799 g/mol. The van der Waals surface area contributed by atoms with E-state index in [-0.39, 0.29) is 0 Å². The Morgan fingerprint density at radius 2 is 0.645 bits per heavy atom. The molecule has 0 aromatic heterocycles. The van der Waals surface area contributed by atoms with Gasteiger partial charge < -0.3 is 26.7 Å². The van der Waals surface area contributed by atoms with E-state index in [1.165, 1.54) is 215 Å². The fraction of sp³-hybridized carbons (Fsp3) is 0.667. The maximum atomic E-state index is 9.75. The maximum absolute atomic E-state index is 9.75. The Bertz CT molecular complexity index is 1440. The largest absolute Gasteiger partial charge is 0.673 e. The molecule has 0 bridgehead atoms. The molecule has 8 heteroatoms. The van der Waals surface area contributed by atoms with Crippen LogP contribution < -0.4 is 9.47 Å². The zero-order valence-corrected chi connectivity index (χ0v) is 40.3. The van der Waals surface area contributed by atoms with E-state index in [0.29, 0.717) is 0 Å². The van der Waals surface area contributed by atoms with Crippen LogP contribution in [-0.2, 0) is 12.6 Å². The summed E-state index contributed by atoms with van der Waals surface area (Å²) in [5, 5.41) is 0. The normalized spacial score (nSPS) is 11.4. The summed E-state index contributed by atoms with van der Waals surface area (Å²) in [6, 6.07) is 23.8. The third-order valence-corrected chi connectivity index (χ3v) is 12.3. The number of benzene rings is 3. The molecule has 0 amide bonds. The van der Waals surface area contributed by atoms with Crippen LogP contribution in [0.25, 0.3) is 22.3 Å². The molecule has 0 fully saturated rings. The molecule has 3 aromatic carbocycles. The van der Waals surface area contributed by atoms with Crippen molar-refractivity contribution in [1.82, 2.24) is 0 Å². The monoisotopic (exact) mass is 887 g/mol. The van der Waals surface area contributed by atoms with Gasteiger partial charge in [0.05, 0.1) is 13.2 Å². The van der Waals surface area contributed by atoms with Gasteiger partial charge in [0.1, 0.15) is 11.5 Å². The number of rotatable bonds is 38. The van der Waals surface area contributed by atoms with E-state index in [1.807, 2.05) is 0 Å². The molecule has 0 heterocycles. The molecule has 62 heavy (non-hydrogen) atoms. The van der Waals surface area contributed by atoms with Crippen molar-refractivity contribution in [3.05, 3.63) is 66.7 Å². The van der Waals surface area contributed by atoms with E-state index in [9.17, 15) is 17.3 Å². The third-order valence-electron chi connectivity index (χ3n) is 11.9. The molecular formula is C54H87BF4O2S. The van der Waals surface area contributed by atoms with Crippen LogP contribution in [0.15, 0.2) is 71.6 Å². The van der Waals surface area contributed by atoms with Crippen molar-refractivity contribution in [1.29, 1.82) is 0 Å². The van der Waals surface area contributed by atoms with E-state index >= 15 is 0 Å². The Morgan fingerprint density at radius 3 is 0.952 bits per heavy atom. The Kier molecular flexibility index (Phi) is 33.8. The predicted octanol–water partition coefficient (Wildman–Crippen LogP) is 19.0. The molecule has 3 aromatic rings. The molecule has 0 aliphatic heterocycles. The van der Waals surface area contributed by atoms with E-state index in [4.69, 9.17) is 9.47 Å². The highest BCUT2D eigenvalue weighted by molar-refractivity contribution is 7.59. The van der Waals surface area contributed by atoms with Crippen LogP contribution in [0.4, 0.5) is 17.3 Å². The van der Waals surface area contributed by atoms with Gasteiger partial charge in [-0.05, 0) is 72.5 Å². The molecule has 0 aliphatic carbocycles. The van der Waals surface area contributed by atoms with Crippen LogP contribution >= 0.6 is 0 Å². The highest BCUT2D eigenvalue weighted by atomic mass is 32.1. The Balaban J connectivity index is 0.00000249. The van der Waals surface area contributed by atoms with Crippen LogP contribution in [0.2, 0.25) is 0 Å². The van der Waals surface area contributed by atoms with E-state index < -0.39 is 7.25 Å². The van der Waals surface area contributed by atoms with Crippen molar-refractivity contribution in [3.8, 4) is 33.8 Å². The lowest BCUT2D eigenvalue weighted by Crippen LogP contribution is -2.02. The van der Waals surface area contributed by atoms with Crippen LogP contribution in [0.5, 0.6) is 11.5 Å². The molecule has 0 N–H and O–H groups in total. The minimum Gasteiger partial charge on any atom is -0.494 e. The highest BCUT2D eigenvalue weighted by Gasteiger charge is 2.20. The van der Waals surface area contributed by atoms with Gasteiger partial charge in [0.15, 0.2) is 4.90 Å². The topological polar surface area (TPSA) is 18.5 Å². The zero-order chi connectivity index (χ0) is 44.8. The van der Waals surface area contributed by atoms with Gasteiger partial charge in [-0.25, -0.2) is 0 Å². The summed E-state index contributed by atoms with van der Waals surface area (Å²) in [6.07, 6.45) is 44.5. The van der Waals surface area contributed by atoms with Gasteiger partial charge in [-0.3, -0.25) is 0 Å². The molecule has 0 saturated heterocycles. The Morgan fingerprint density at radius 1 is 0.371 bits per heavy atom. The zero-order valence-electron chi connectivity index (χ0n) is 39.3. The fourth-order valence-corrected chi connectivity index (χ4v) is 8.61. The van der Waals surface area contributed by atoms with Crippen LogP contribution in [-0.4, -0.2) is 20.5 Å². The highest BCUT2D eigenvalue weighted by Crippen LogP contribution is 2.36. The summed E-state index contributed by atoms with van der Waals surface area (Å²) >= 11 is 3.92. The summed E-state index contributed by atoms with van der Waals surface area (Å²) in [7, 11) is -6.00. The third kappa shape index (κ3) is 30.5. The summed E-state index contributed by atoms with van der Waals surface area (Å²) in [4.78, 5) is 1.10. The fourth-order valence-electron chi connectivity index (χ4n) is 8.23. The second kappa shape index (κ2) is 37.7. The van der Waals surface area contributed by atoms with Gasteiger partial charge in [0.25, 0.3) is 0 Å². The minimum absolute atomic E-state index is 0.797.